The van der Waals surface area contributed by atoms with Crippen molar-refractivity contribution in [2.75, 3.05) is 39.3 Å². The summed E-state index contributed by atoms with van der Waals surface area (Å²) in [4.78, 5) is 9.63. The minimum Gasteiger partial charge on any atom is -0.493 e. The van der Waals surface area contributed by atoms with Crippen LogP contribution >= 0.6 is 0 Å². The molecule has 0 aliphatic carbocycles. The monoisotopic (exact) mass is 403 g/mol. The Labute approximate surface area is 178 Å². The first-order valence-electron chi connectivity index (χ1n) is 10.6. The van der Waals surface area contributed by atoms with Gasteiger partial charge >= 0.3 is 0 Å². The molecular weight excluding hydrogens is 374 g/mol. The average molecular weight is 404 g/mol. The standard InChI is InChI=1S/C25H29N3O2/c1-2-29-24-13-7-6-12-23(24)25-26-22(20-30-25)19-28-17-15-27(16-18-28)14-8-11-21-9-4-3-5-10-21/h3-13,20H,2,14-19H2,1H3/b11-8+. The number of benzene rings is 2. The molecule has 0 saturated carbocycles. The molecule has 4 rings (SSSR count). The number of ether oxygens (including phenoxy) is 1. The summed E-state index contributed by atoms with van der Waals surface area (Å²) >= 11 is 0. The van der Waals surface area contributed by atoms with Gasteiger partial charge in [0.2, 0.25) is 5.89 Å². The SMILES string of the molecule is CCOc1ccccc1-c1nc(CN2CCN(C/C=C/c3ccccc3)CC2)co1. The van der Waals surface area contributed by atoms with Gasteiger partial charge in [0, 0.05) is 39.3 Å². The highest BCUT2D eigenvalue weighted by Gasteiger charge is 2.18. The predicted molar refractivity (Wildman–Crippen MR) is 120 cm³/mol. The topological polar surface area (TPSA) is 41.7 Å². The van der Waals surface area contributed by atoms with Crippen LogP contribution in [-0.2, 0) is 6.54 Å². The molecule has 0 spiro atoms. The second-order valence-electron chi connectivity index (χ2n) is 7.46. The van der Waals surface area contributed by atoms with Gasteiger partial charge in [-0.3, -0.25) is 9.80 Å². The molecule has 2 aromatic carbocycles. The summed E-state index contributed by atoms with van der Waals surface area (Å²) in [6, 6.07) is 18.3. The van der Waals surface area contributed by atoms with Crippen LogP contribution in [0.3, 0.4) is 0 Å². The van der Waals surface area contributed by atoms with Gasteiger partial charge < -0.3 is 9.15 Å². The molecule has 0 unspecified atom stereocenters. The van der Waals surface area contributed by atoms with Crippen LogP contribution in [0.25, 0.3) is 17.5 Å². The van der Waals surface area contributed by atoms with Gasteiger partial charge in [0.15, 0.2) is 0 Å². The summed E-state index contributed by atoms with van der Waals surface area (Å²) in [6.07, 6.45) is 6.22. The lowest BCUT2D eigenvalue weighted by Gasteiger charge is -2.33. The molecule has 1 fully saturated rings. The Hall–Kier alpha value is -2.89. The Balaban J connectivity index is 1.27. The number of nitrogens with zero attached hydrogens (tertiary/aromatic N) is 3. The van der Waals surface area contributed by atoms with Crippen molar-refractivity contribution in [2.24, 2.45) is 0 Å². The van der Waals surface area contributed by atoms with E-state index in [9.17, 15) is 0 Å². The largest absolute Gasteiger partial charge is 0.493 e. The molecule has 156 valence electrons. The lowest BCUT2D eigenvalue weighted by atomic mass is 10.2. The molecule has 0 N–H and O–H groups in total. The third-order valence-corrected chi connectivity index (χ3v) is 5.29. The molecule has 0 atom stereocenters. The Kier molecular flexibility index (Phi) is 6.95. The van der Waals surface area contributed by atoms with E-state index >= 15 is 0 Å². The van der Waals surface area contributed by atoms with E-state index < -0.39 is 0 Å². The van der Waals surface area contributed by atoms with Gasteiger partial charge in [-0.25, -0.2) is 4.98 Å². The Morgan fingerprint density at radius 3 is 2.50 bits per heavy atom. The second-order valence-corrected chi connectivity index (χ2v) is 7.46. The number of oxazole rings is 1. The van der Waals surface area contributed by atoms with Crippen molar-refractivity contribution in [1.29, 1.82) is 0 Å². The molecule has 2 heterocycles. The van der Waals surface area contributed by atoms with Crippen LogP contribution < -0.4 is 4.74 Å². The van der Waals surface area contributed by atoms with Gasteiger partial charge in [0.25, 0.3) is 0 Å². The van der Waals surface area contributed by atoms with Gasteiger partial charge in [-0.05, 0) is 24.6 Å². The summed E-state index contributed by atoms with van der Waals surface area (Å²) < 4.78 is 11.5. The molecule has 3 aromatic rings. The summed E-state index contributed by atoms with van der Waals surface area (Å²) in [5.41, 5.74) is 3.12. The van der Waals surface area contributed by atoms with Crippen LogP contribution in [0.1, 0.15) is 18.2 Å². The molecule has 30 heavy (non-hydrogen) atoms. The third-order valence-electron chi connectivity index (χ3n) is 5.29. The number of hydrogen-bond donors (Lipinski definition) is 0. The van der Waals surface area contributed by atoms with Crippen molar-refractivity contribution in [3.8, 4) is 17.2 Å². The third kappa shape index (κ3) is 5.38. The number of aromatic nitrogens is 1. The molecule has 0 radical (unpaired) electrons. The lowest BCUT2D eigenvalue weighted by molar-refractivity contribution is 0.136. The van der Waals surface area contributed by atoms with Gasteiger partial charge in [-0.1, -0.05) is 54.6 Å². The minimum absolute atomic E-state index is 0.620. The summed E-state index contributed by atoms with van der Waals surface area (Å²) in [6.45, 7) is 8.62. The smallest absolute Gasteiger partial charge is 0.229 e. The normalized spacial score (nSPS) is 15.6. The summed E-state index contributed by atoms with van der Waals surface area (Å²) in [7, 11) is 0. The number of para-hydroxylation sites is 1. The van der Waals surface area contributed by atoms with Crippen molar-refractivity contribution in [3.05, 3.63) is 78.2 Å². The van der Waals surface area contributed by atoms with Gasteiger partial charge in [0.1, 0.15) is 12.0 Å². The lowest BCUT2D eigenvalue weighted by Crippen LogP contribution is -2.45. The van der Waals surface area contributed by atoms with Crippen molar-refractivity contribution in [2.45, 2.75) is 13.5 Å². The van der Waals surface area contributed by atoms with Gasteiger partial charge in [0.05, 0.1) is 17.9 Å². The highest BCUT2D eigenvalue weighted by molar-refractivity contribution is 5.62. The molecule has 1 aliphatic rings. The zero-order valence-corrected chi connectivity index (χ0v) is 17.5. The van der Waals surface area contributed by atoms with E-state index in [0.29, 0.717) is 12.5 Å². The highest BCUT2D eigenvalue weighted by Crippen LogP contribution is 2.29. The first-order valence-corrected chi connectivity index (χ1v) is 10.6. The zero-order chi connectivity index (χ0) is 20.6. The van der Waals surface area contributed by atoms with Crippen LogP contribution in [0, 0.1) is 0 Å². The first kappa shape index (κ1) is 20.4. The van der Waals surface area contributed by atoms with E-state index in [2.05, 4.69) is 46.2 Å². The van der Waals surface area contributed by atoms with Crippen molar-refractivity contribution < 1.29 is 9.15 Å². The summed E-state index contributed by atoms with van der Waals surface area (Å²) in [5.74, 6) is 1.43. The van der Waals surface area contributed by atoms with Crippen LogP contribution in [-0.4, -0.2) is 54.1 Å². The fraction of sp³-hybridized carbons (Fsp3) is 0.320. The predicted octanol–water partition coefficient (Wildman–Crippen LogP) is 4.57. The molecule has 0 amide bonds. The van der Waals surface area contributed by atoms with Crippen LogP contribution in [0.5, 0.6) is 5.75 Å². The molecule has 5 heteroatoms. The Bertz CT molecular complexity index is 944. The van der Waals surface area contributed by atoms with Crippen molar-refractivity contribution in [3.63, 3.8) is 0 Å². The highest BCUT2D eigenvalue weighted by atomic mass is 16.5. The second kappa shape index (κ2) is 10.2. The Morgan fingerprint density at radius 2 is 1.70 bits per heavy atom. The fourth-order valence-electron chi connectivity index (χ4n) is 3.69. The van der Waals surface area contributed by atoms with Gasteiger partial charge in [-0.2, -0.15) is 0 Å². The van der Waals surface area contributed by atoms with E-state index in [1.165, 1.54) is 5.56 Å². The first-order chi connectivity index (χ1) is 14.8. The van der Waals surface area contributed by atoms with Crippen LogP contribution in [0.15, 0.2) is 71.4 Å². The molecule has 1 aromatic heterocycles. The molecule has 1 saturated heterocycles. The minimum atomic E-state index is 0.620. The molecule has 5 nitrogen and oxygen atoms in total. The number of piperazine rings is 1. The Morgan fingerprint density at radius 1 is 0.967 bits per heavy atom. The van der Waals surface area contributed by atoms with E-state index in [4.69, 9.17) is 14.1 Å². The van der Waals surface area contributed by atoms with Crippen LogP contribution in [0.4, 0.5) is 0 Å². The maximum atomic E-state index is 5.76. The number of rotatable bonds is 8. The number of hydrogen-bond acceptors (Lipinski definition) is 5. The zero-order valence-electron chi connectivity index (χ0n) is 17.5. The fourth-order valence-corrected chi connectivity index (χ4v) is 3.69. The maximum absolute atomic E-state index is 5.76. The average Bonchev–Trinajstić information content (AvgIpc) is 3.25. The molecular formula is C25H29N3O2. The van der Waals surface area contributed by atoms with E-state index in [-0.39, 0.29) is 0 Å². The summed E-state index contributed by atoms with van der Waals surface area (Å²) in [5, 5.41) is 0. The van der Waals surface area contributed by atoms with Crippen LogP contribution in [0.2, 0.25) is 0 Å². The molecule has 1 aliphatic heterocycles. The van der Waals surface area contributed by atoms with E-state index in [1.54, 1.807) is 6.26 Å². The molecule has 0 bridgehead atoms. The quantitative estimate of drug-likeness (QED) is 0.551. The van der Waals surface area contributed by atoms with E-state index in [0.717, 1.165) is 56.3 Å². The van der Waals surface area contributed by atoms with Crippen molar-refractivity contribution >= 4 is 6.08 Å². The van der Waals surface area contributed by atoms with Gasteiger partial charge in [-0.15, -0.1) is 0 Å². The van der Waals surface area contributed by atoms with E-state index in [1.807, 2.05) is 37.3 Å². The maximum Gasteiger partial charge on any atom is 0.229 e. The van der Waals surface area contributed by atoms with Crippen molar-refractivity contribution in [1.82, 2.24) is 14.8 Å².